The molecule has 0 radical (unpaired) electrons. The number of aromatic nitrogens is 1. The molecule has 3 N–H and O–H groups in total. The Kier molecular flexibility index (Phi) is 13.4. The lowest BCUT2D eigenvalue weighted by molar-refractivity contribution is -0.193. The van der Waals surface area contributed by atoms with Gasteiger partial charge in [0.05, 0.1) is 12.2 Å². The van der Waals surface area contributed by atoms with E-state index in [2.05, 4.69) is 39.0 Å². The number of carboxylic acid groups (broad SMARTS) is 3. The summed E-state index contributed by atoms with van der Waals surface area (Å²) >= 11 is 0. The topological polar surface area (TPSA) is 144 Å². The Morgan fingerprint density at radius 1 is 0.744 bits per heavy atom. The number of furan rings is 1. The highest BCUT2D eigenvalue weighted by Gasteiger charge is 2.41. The molecule has 0 aliphatic carbocycles. The quantitative estimate of drug-likeness (QED) is 0.411. The van der Waals surface area contributed by atoms with Gasteiger partial charge in [-0.15, -0.1) is 0 Å². The molecule has 43 heavy (non-hydrogen) atoms. The Balaban J connectivity index is 0.000000363. The minimum absolute atomic E-state index is 0.805. The lowest BCUT2D eigenvalue weighted by Gasteiger charge is -2.20. The Labute approximate surface area is 237 Å². The highest BCUT2D eigenvalue weighted by atomic mass is 19.4. The summed E-state index contributed by atoms with van der Waals surface area (Å²) in [6, 6.07) is 10.3. The van der Waals surface area contributed by atoms with E-state index in [9.17, 15) is 39.5 Å². The van der Waals surface area contributed by atoms with Crippen LogP contribution in [-0.2, 0) is 27.5 Å². The third kappa shape index (κ3) is 14.2. The maximum atomic E-state index is 10.6. The van der Waals surface area contributed by atoms with E-state index in [4.69, 9.17) is 34.1 Å². The van der Waals surface area contributed by atoms with Gasteiger partial charge in [-0.05, 0) is 43.0 Å². The second kappa shape index (κ2) is 15.6. The fraction of sp³-hybridized carbons (Fsp3) is 0.500. The molecule has 0 amide bonds. The first-order chi connectivity index (χ1) is 19.6. The molecule has 2 aliphatic heterocycles. The van der Waals surface area contributed by atoms with Gasteiger partial charge in [0.2, 0.25) is 0 Å². The number of aryl methyl sites for hydroxylation is 1. The van der Waals surface area contributed by atoms with Gasteiger partial charge in [0.1, 0.15) is 11.5 Å². The normalized spacial score (nSPS) is 18.7. The van der Waals surface area contributed by atoms with Crippen LogP contribution < -0.4 is 0 Å². The van der Waals surface area contributed by atoms with Gasteiger partial charge in [-0.3, -0.25) is 14.8 Å². The predicted octanol–water partition coefficient (Wildman–Crippen LogP) is 4.45. The van der Waals surface area contributed by atoms with Gasteiger partial charge in [0, 0.05) is 38.9 Å². The van der Waals surface area contributed by atoms with E-state index in [1.54, 1.807) is 0 Å². The molecular weight excluding hydrogens is 613 g/mol. The molecule has 2 aliphatic rings. The monoisotopic (exact) mass is 639 g/mol. The largest absolute Gasteiger partial charge is 0.490 e. The number of nitrogens with zero attached hydrogens (tertiary/aromatic N) is 3. The maximum Gasteiger partial charge on any atom is 0.490 e. The molecule has 242 valence electrons. The molecule has 2 aromatic heterocycles. The molecule has 0 aromatic carbocycles. The van der Waals surface area contributed by atoms with Crippen molar-refractivity contribution in [1.82, 2.24) is 14.8 Å². The molecule has 4 rings (SSSR count). The summed E-state index contributed by atoms with van der Waals surface area (Å²) in [6.45, 7) is 8.76. The zero-order valence-electron chi connectivity index (χ0n) is 22.1. The van der Waals surface area contributed by atoms with Crippen molar-refractivity contribution in [2.75, 3.05) is 26.2 Å². The Morgan fingerprint density at radius 2 is 1.14 bits per heavy atom. The summed E-state index contributed by atoms with van der Waals surface area (Å²) in [4.78, 5) is 36.2. The highest BCUT2D eigenvalue weighted by molar-refractivity contribution is 5.73. The summed E-state index contributed by atoms with van der Waals surface area (Å²) in [6.07, 6.45) is -13.4. The van der Waals surface area contributed by atoms with Crippen molar-refractivity contribution in [2.45, 2.75) is 38.5 Å². The van der Waals surface area contributed by atoms with E-state index >= 15 is 0 Å². The van der Waals surface area contributed by atoms with E-state index in [0.29, 0.717) is 0 Å². The lowest BCUT2D eigenvalue weighted by atomic mass is 10.0. The van der Waals surface area contributed by atoms with Gasteiger partial charge in [0.15, 0.2) is 0 Å². The van der Waals surface area contributed by atoms with Crippen molar-refractivity contribution in [2.24, 2.45) is 11.8 Å². The van der Waals surface area contributed by atoms with Gasteiger partial charge in [0.25, 0.3) is 0 Å². The van der Waals surface area contributed by atoms with E-state index in [1.807, 2.05) is 19.2 Å². The molecule has 2 saturated heterocycles. The number of likely N-dealkylation sites (tertiary alicyclic amines) is 2. The van der Waals surface area contributed by atoms with E-state index < -0.39 is 36.4 Å². The second-order valence-electron chi connectivity index (χ2n) is 9.15. The Morgan fingerprint density at radius 3 is 1.44 bits per heavy atom. The highest BCUT2D eigenvalue weighted by Crippen LogP contribution is 2.32. The molecule has 19 heteroatoms. The first kappa shape index (κ1) is 37.2. The van der Waals surface area contributed by atoms with Crippen LogP contribution in [0.4, 0.5) is 39.5 Å². The van der Waals surface area contributed by atoms with Crippen LogP contribution in [0.5, 0.6) is 0 Å². The van der Waals surface area contributed by atoms with Crippen LogP contribution in [-0.4, -0.2) is 92.7 Å². The standard InChI is InChI=1S/C18H23N3O.3C2HF3O2/c1-14-5-6-18(22-14)13-21-10-15-8-20(9-16(15)11-21)12-17-4-2-3-7-19-17;3*3-2(4,5)1(6)7/h2-7,15-16H,8-13H2,1H3;3*(H,6,7). The van der Waals surface area contributed by atoms with Crippen LogP contribution in [0.25, 0.3) is 0 Å². The number of rotatable bonds is 4. The van der Waals surface area contributed by atoms with Gasteiger partial charge < -0.3 is 19.7 Å². The number of hydrogen-bond donors (Lipinski definition) is 3. The van der Waals surface area contributed by atoms with Crippen molar-refractivity contribution < 1.29 is 73.6 Å². The van der Waals surface area contributed by atoms with Gasteiger partial charge in [-0.2, -0.15) is 39.5 Å². The number of aliphatic carboxylic acids is 3. The minimum Gasteiger partial charge on any atom is -0.475 e. The SMILES string of the molecule is Cc1ccc(CN2CC3CN(Cc4ccccn4)CC3C2)o1.O=C(O)C(F)(F)F.O=C(O)C(F)(F)F.O=C(O)C(F)(F)F. The molecule has 0 bridgehead atoms. The van der Waals surface area contributed by atoms with Crippen LogP contribution >= 0.6 is 0 Å². The predicted molar refractivity (Wildman–Crippen MR) is 126 cm³/mol. The number of carbonyl (C=O) groups is 3. The summed E-state index contributed by atoms with van der Waals surface area (Å²) in [5.74, 6) is -4.55. The van der Waals surface area contributed by atoms with Crippen molar-refractivity contribution in [1.29, 1.82) is 0 Å². The molecule has 4 heterocycles. The summed E-state index contributed by atoms with van der Waals surface area (Å²) in [5, 5.41) is 21.4. The Hall–Kier alpha value is -3.87. The fourth-order valence-electron chi connectivity index (χ4n) is 3.96. The second-order valence-corrected chi connectivity index (χ2v) is 9.15. The number of alkyl halides is 9. The molecule has 2 fully saturated rings. The first-order valence-electron chi connectivity index (χ1n) is 11.9. The van der Waals surface area contributed by atoms with Crippen molar-refractivity contribution in [3.63, 3.8) is 0 Å². The number of halogens is 9. The number of carboxylic acids is 3. The van der Waals surface area contributed by atoms with E-state index in [1.165, 1.54) is 31.9 Å². The zero-order chi connectivity index (χ0) is 33.2. The number of pyridine rings is 1. The third-order valence-electron chi connectivity index (χ3n) is 5.65. The van der Waals surface area contributed by atoms with Gasteiger partial charge in [-0.25, -0.2) is 14.4 Å². The number of hydrogen-bond acceptors (Lipinski definition) is 7. The lowest BCUT2D eigenvalue weighted by Crippen LogP contribution is -2.28. The third-order valence-corrected chi connectivity index (χ3v) is 5.65. The molecular formula is C24H26F9N3O7. The van der Waals surface area contributed by atoms with Crippen LogP contribution in [0, 0.1) is 18.8 Å². The van der Waals surface area contributed by atoms with Crippen LogP contribution in [0.15, 0.2) is 40.9 Å². The zero-order valence-corrected chi connectivity index (χ0v) is 22.1. The molecule has 0 spiro atoms. The van der Waals surface area contributed by atoms with Gasteiger partial charge in [-0.1, -0.05) is 6.07 Å². The maximum absolute atomic E-state index is 10.6. The molecule has 2 atom stereocenters. The Bertz CT molecular complexity index is 1110. The van der Waals surface area contributed by atoms with Gasteiger partial charge >= 0.3 is 36.4 Å². The summed E-state index contributed by atoms with van der Waals surface area (Å²) < 4.78 is 101. The van der Waals surface area contributed by atoms with Crippen molar-refractivity contribution in [3.8, 4) is 0 Å². The van der Waals surface area contributed by atoms with Crippen molar-refractivity contribution >= 4 is 17.9 Å². The average molecular weight is 639 g/mol. The van der Waals surface area contributed by atoms with E-state index in [-0.39, 0.29) is 0 Å². The molecule has 0 saturated carbocycles. The van der Waals surface area contributed by atoms with Crippen LogP contribution in [0.2, 0.25) is 0 Å². The van der Waals surface area contributed by atoms with E-state index in [0.717, 1.165) is 36.4 Å². The summed E-state index contributed by atoms with van der Waals surface area (Å²) in [7, 11) is 0. The van der Waals surface area contributed by atoms with Crippen LogP contribution in [0.3, 0.4) is 0 Å². The molecule has 10 nitrogen and oxygen atoms in total. The molecule has 2 unspecified atom stereocenters. The van der Waals surface area contributed by atoms with Crippen LogP contribution in [0.1, 0.15) is 17.2 Å². The molecule has 2 aromatic rings. The minimum atomic E-state index is -5.08. The van der Waals surface area contributed by atoms with Crippen molar-refractivity contribution in [3.05, 3.63) is 53.7 Å². The fourth-order valence-corrected chi connectivity index (χ4v) is 3.96. The summed E-state index contributed by atoms with van der Waals surface area (Å²) in [5.41, 5.74) is 1.19. The smallest absolute Gasteiger partial charge is 0.475 e. The number of fused-ring (bicyclic) bond motifs is 1. The first-order valence-corrected chi connectivity index (χ1v) is 11.9. The average Bonchev–Trinajstić information content (AvgIpc) is 3.54.